The minimum atomic E-state index is 0.0941. The lowest BCUT2D eigenvalue weighted by molar-refractivity contribution is 0.413. The van der Waals surface area contributed by atoms with Crippen molar-refractivity contribution in [2.45, 2.75) is 46.5 Å². The fourth-order valence-electron chi connectivity index (χ4n) is 2.17. The van der Waals surface area contributed by atoms with Crippen LogP contribution in [0.25, 0.3) is 0 Å². The third-order valence-corrected chi connectivity index (χ3v) is 3.49. The molecule has 0 saturated carbocycles. The van der Waals surface area contributed by atoms with Crippen LogP contribution in [0.15, 0.2) is 16.7 Å². The Kier molecular flexibility index (Phi) is 3.68. The second-order valence-corrected chi connectivity index (χ2v) is 6.30. The lowest BCUT2D eigenvalue weighted by atomic mass is 9.83. The molecule has 3 nitrogen and oxygen atoms in total. The highest BCUT2D eigenvalue weighted by molar-refractivity contribution is 6.27. The average Bonchev–Trinajstić information content (AvgIpc) is 2.68. The highest BCUT2D eigenvalue weighted by Gasteiger charge is 2.17. The first-order valence-corrected chi connectivity index (χ1v) is 6.74. The van der Waals surface area contributed by atoms with Crippen LogP contribution >= 0.6 is 11.6 Å². The van der Waals surface area contributed by atoms with E-state index in [9.17, 15) is 0 Å². The van der Waals surface area contributed by atoms with Crippen LogP contribution < -0.4 is 0 Å². The van der Waals surface area contributed by atoms with Crippen molar-refractivity contribution in [3.8, 4) is 0 Å². The zero-order valence-corrected chi connectivity index (χ0v) is 12.8. The summed E-state index contributed by atoms with van der Waals surface area (Å²) in [5, 5.41) is 3.94. The van der Waals surface area contributed by atoms with E-state index in [1.165, 1.54) is 22.3 Å². The van der Waals surface area contributed by atoms with E-state index in [0.717, 1.165) is 0 Å². The largest absolute Gasteiger partial charge is 0.321 e. The van der Waals surface area contributed by atoms with Crippen molar-refractivity contribution >= 4 is 11.6 Å². The molecule has 0 amide bonds. The molecule has 2 rings (SSSR count). The Morgan fingerprint density at radius 2 is 1.74 bits per heavy atom. The molecular weight excluding hydrogens is 260 g/mol. The van der Waals surface area contributed by atoms with Crippen molar-refractivity contribution in [2.24, 2.45) is 0 Å². The zero-order valence-electron chi connectivity index (χ0n) is 12.0. The minimum Gasteiger partial charge on any atom is -0.321 e. The summed E-state index contributed by atoms with van der Waals surface area (Å²) >= 11 is 5.65. The number of hydrogen-bond donors (Lipinski definition) is 0. The maximum Gasteiger partial charge on any atom is 0.320 e. The van der Waals surface area contributed by atoms with Crippen LogP contribution in [0, 0.1) is 13.8 Å². The molecule has 0 bridgehead atoms. The van der Waals surface area contributed by atoms with Gasteiger partial charge in [-0.3, -0.25) is 0 Å². The lowest BCUT2D eigenvalue weighted by Crippen LogP contribution is -2.12. The van der Waals surface area contributed by atoms with E-state index in [1.54, 1.807) is 0 Å². The molecule has 0 saturated heterocycles. The van der Waals surface area contributed by atoms with E-state index in [2.05, 4.69) is 56.9 Å². The number of benzene rings is 1. The second-order valence-electron chi connectivity index (χ2n) is 5.98. The van der Waals surface area contributed by atoms with Gasteiger partial charge in [0.15, 0.2) is 5.82 Å². The predicted octanol–water partition coefficient (Wildman–Crippen LogP) is 4.23. The molecule has 0 spiro atoms. The molecule has 2 aromatic rings. The molecule has 0 radical (unpaired) electrons. The summed E-state index contributed by atoms with van der Waals surface area (Å²) in [4.78, 5) is 4.05. The monoisotopic (exact) mass is 278 g/mol. The van der Waals surface area contributed by atoms with Gasteiger partial charge in [-0.25, -0.2) is 0 Å². The van der Waals surface area contributed by atoms with Crippen LogP contribution in [-0.4, -0.2) is 10.1 Å². The van der Waals surface area contributed by atoms with Crippen LogP contribution in [0.5, 0.6) is 0 Å². The maximum atomic E-state index is 5.65. The van der Waals surface area contributed by atoms with Crippen LogP contribution in [0.3, 0.4) is 0 Å². The van der Waals surface area contributed by atoms with Gasteiger partial charge in [-0.15, -0.1) is 0 Å². The first-order valence-electron chi connectivity index (χ1n) is 6.36. The first-order chi connectivity index (χ1) is 8.77. The van der Waals surface area contributed by atoms with E-state index in [4.69, 9.17) is 16.1 Å². The molecule has 19 heavy (non-hydrogen) atoms. The van der Waals surface area contributed by atoms with Crippen molar-refractivity contribution in [1.82, 2.24) is 10.1 Å². The van der Waals surface area contributed by atoms with E-state index >= 15 is 0 Å². The normalized spacial score (nSPS) is 11.9. The number of hydrogen-bond acceptors (Lipinski definition) is 3. The van der Waals surface area contributed by atoms with Gasteiger partial charge in [0.05, 0.1) is 0 Å². The molecular formula is C15H19ClN2O. The Morgan fingerprint density at radius 3 is 2.16 bits per heavy atom. The molecule has 1 heterocycles. The lowest BCUT2D eigenvalue weighted by Gasteiger charge is -2.22. The summed E-state index contributed by atoms with van der Waals surface area (Å²) in [6.07, 6.45) is 0.651. The van der Waals surface area contributed by atoms with Crippen LogP contribution in [-0.2, 0) is 11.8 Å². The minimum absolute atomic E-state index is 0.0941. The first kappa shape index (κ1) is 14.1. The van der Waals surface area contributed by atoms with Crippen LogP contribution in [0.4, 0.5) is 0 Å². The quantitative estimate of drug-likeness (QED) is 0.825. The van der Waals surface area contributed by atoms with E-state index in [1.807, 2.05) is 0 Å². The SMILES string of the molecule is Cc1cc(C(C)(C)C)cc(C)c1Cc1noc(Cl)n1. The Labute approximate surface area is 119 Å². The van der Waals surface area contributed by atoms with Crippen molar-refractivity contribution in [2.75, 3.05) is 0 Å². The van der Waals surface area contributed by atoms with Crippen molar-refractivity contribution in [1.29, 1.82) is 0 Å². The Bertz CT molecular complexity index is 573. The number of rotatable bonds is 2. The summed E-state index contributed by atoms with van der Waals surface area (Å²) in [5.41, 5.74) is 5.25. The molecule has 102 valence electrons. The maximum absolute atomic E-state index is 5.65. The van der Waals surface area contributed by atoms with E-state index in [-0.39, 0.29) is 10.8 Å². The molecule has 0 unspecified atom stereocenters. The summed E-state index contributed by atoms with van der Waals surface area (Å²) < 4.78 is 4.80. The molecule has 1 aromatic heterocycles. The summed E-state index contributed by atoms with van der Waals surface area (Å²) in [5.74, 6) is 0.625. The fraction of sp³-hybridized carbons (Fsp3) is 0.467. The van der Waals surface area contributed by atoms with Gasteiger partial charge >= 0.3 is 5.35 Å². The Morgan fingerprint density at radius 1 is 1.16 bits per heavy atom. The van der Waals surface area contributed by atoms with Crippen LogP contribution in [0.1, 0.15) is 48.8 Å². The molecule has 0 fully saturated rings. The van der Waals surface area contributed by atoms with Gasteiger partial charge < -0.3 is 4.52 Å². The fourth-order valence-corrected chi connectivity index (χ4v) is 2.30. The highest BCUT2D eigenvalue weighted by atomic mass is 35.5. The highest BCUT2D eigenvalue weighted by Crippen LogP contribution is 2.27. The third kappa shape index (κ3) is 3.16. The van der Waals surface area contributed by atoms with Gasteiger partial charge in [0.2, 0.25) is 0 Å². The van der Waals surface area contributed by atoms with E-state index < -0.39 is 0 Å². The summed E-state index contributed by atoms with van der Waals surface area (Å²) in [6, 6.07) is 4.48. The van der Waals surface area contributed by atoms with Crippen molar-refractivity contribution < 1.29 is 4.52 Å². The Balaban J connectivity index is 2.37. The third-order valence-electron chi connectivity index (χ3n) is 3.34. The van der Waals surface area contributed by atoms with Gasteiger partial charge in [-0.05, 0) is 53.1 Å². The molecule has 0 atom stereocenters. The molecule has 0 aliphatic carbocycles. The van der Waals surface area contributed by atoms with Crippen LogP contribution in [0.2, 0.25) is 5.35 Å². The molecule has 1 aromatic carbocycles. The summed E-state index contributed by atoms with van der Waals surface area (Å²) in [6.45, 7) is 10.9. The second kappa shape index (κ2) is 4.97. The topological polar surface area (TPSA) is 38.9 Å². The van der Waals surface area contributed by atoms with Crippen molar-refractivity contribution in [3.05, 3.63) is 45.6 Å². The molecule has 0 N–H and O–H groups in total. The Hall–Kier alpha value is -1.35. The smallest absolute Gasteiger partial charge is 0.320 e. The van der Waals surface area contributed by atoms with Gasteiger partial charge in [0.25, 0.3) is 0 Å². The number of halogens is 1. The zero-order chi connectivity index (χ0) is 14.2. The molecule has 0 aliphatic heterocycles. The van der Waals surface area contributed by atoms with Gasteiger partial charge in [0.1, 0.15) is 0 Å². The van der Waals surface area contributed by atoms with Gasteiger partial charge in [-0.2, -0.15) is 4.98 Å². The van der Waals surface area contributed by atoms with Gasteiger partial charge in [-0.1, -0.05) is 38.1 Å². The molecule has 4 heteroatoms. The van der Waals surface area contributed by atoms with Gasteiger partial charge in [0, 0.05) is 6.42 Å². The molecule has 0 aliphatic rings. The number of nitrogens with zero attached hydrogens (tertiary/aromatic N) is 2. The standard InChI is InChI=1S/C15H19ClN2O/c1-9-6-11(15(3,4)5)7-10(2)12(9)8-13-17-14(16)19-18-13/h6-7H,8H2,1-5H3. The number of aromatic nitrogens is 2. The predicted molar refractivity (Wildman–Crippen MR) is 76.7 cm³/mol. The number of aryl methyl sites for hydroxylation is 2. The van der Waals surface area contributed by atoms with E-state index in [0.29, 0.717) is 12.2 Å². The average molecular weight is 279 g/mol. The van der Waals surface area contributed by atoms with Crippen molar-refractivity contribution in [3.63, 3.8) is 0 Å². The summed E-state index contributed by atoms with van der Waals surface area (Å²) in [7, 11) is 0.